The number of amides is 1. The number of fused-ring (bicyclic) bond motifs is 3. The number of H-pyrrole nitrogens is 1. The van der Waals surface area contributed by atoms with Crippen molar-refractivity contribution in [1.29, 1.82) is 0 Å². The molecule has 7 nitrogen and oxygen atoms in total. The van der Waals surface area contributed by atoms with Gasteiger partial charge in [-0.15, -0.1) is 0 Å². The maximum Gasteiger partial charge on any atom is 0.251 e. The summed E-state index contributed by atoms with van der Waals surface area (Å²) in [7, 11) is 1.97. The van der Waals surface area contributed by atoms with Crippen molar-refractivity contribution in [2.75, 3.05) is 6.54 Å². The van der Waals surface area contributed by atoms with Gasteiger partial charge in [0.2, 0.25) is 0 Å². The second kappa shape index (κ2) is 9.52. The van der Waals surface area contributed by atoms with Gasteiger partial charge in [0.15, 0.2) is 0 Å². The van der Waals surface area contributed by atoms with Gasteiger partial charge in [0.05, 0.1) is 28.5 Å². The molecule has 6 rings (SSSR count). The van der Waals surface area contributed by atoms with Gasteiger partial charge in [-0.25, -0.2) is 9.97 Å². The van der Waals surface area contributed by atoms with Crippen LogP contribution in [0.4, 0.5) is 0 Å². The highest BCUT2D eigenvalue weighted by atomic mass is 16.1. The minimum Gasteiger partial charge on any atom is -0.352 e. The van der Waals surface area contributed by atoms with Crippen LogP contribution in [0.15, 0.2) is 78.9 Å². The lowest BCUT2D eigenvalue weighted by Crippen LogP contribution is -2.25. The predicted octanol–water partition coefficient (Wildman–Crippen LogP) is 4.62. The normalized spacial score (nSPS) is 11.5. The number of carbonyl (C=O) groups excluding carboxylic acids is 1. The lowest BCUT2D eigenvalue weighted by molar-refractivity contribution is 0.0954. The van der Waals surface area contributed by atoms with Crippen LogP contribution in [0.2, 0.25) is 0 Å². The van der Waals surface area contributed by atoms with E-state index >= 15 is 0 Å². The van der Waals surface area contributed by atoms with Gasteiger partial charge in [0, 0.05) is 25.7 Å². The summed E-state index contributed by atoms with van der Waals surface area (Å²) >= 11 is 0. The molecule has 0 fully saturated rings. The van der Waals surface area contributed by atoms with Crippen molar-refractivity contribution in [3.8, 4) is 0 Å². The number of nitrogens with one attached hydrogen (secondary N) is 2. The number of aromatic nitrogens is 4. The standard InChI is InChI=1S/C30H28N6O/c1-36-27-16-22(30(37)32-14-13-21-7-4-6-20-5-2-3-8-23(20)21)10-12-25(27)35-29(36)17-28-33-24-11-9-19(18-31)15-26(24)34-28/h2-12,15-16H,13-14,17-18,31H2,1H3,(H,32,37)(H,33,34). The topological polar surface area (TPSA) is 102 Å². The average molecular weight is 489 g/mol. The second-order valence-electron chi connectivity index (χ2n) is 9.35. The number of imidazole rings is 2. The summed E-state index contributed by atoms with van der Waals surface area (Å²) in [5.74, 6) is 1.63. The Morgan fingerprint density at radius 2 is 1.81 bits per heavy atom. The average Bonchev–Trinajstić information content (AvgIpc) is 3.47. The smallest absolute Gasteiger partial charge is 0.251 e. The van der Waals surface area contributed by atoms with Gasteiger partial charge in [-0.3, -0.25) is 4.79 Å². The van der Waals surface area contributed by atoms with Crippen LogP contribution < -0.4 is 11.1 Å². The first kappa shape index (κ1) is 22.9. The SMILES string of the molecule is Cn1c(Cc2nc3ccc(CN)cc3[nH]2)nc2ccc(C(=O)NCCc3cccc4ccccc34)cc21. The molecule has 2 heterocycles. The van der Waals surface area contributed by atoms with Crippen molar-refractivity contribution >= 4 is 38.7 Å². The Hall–Kier alpha value is -4.49. The minimum atomic E-state index is -0.0853. The fourth-order valence-corrected chi connectivity index (χ4v) is 4.93. The Balaban J connectivity index is 1.17. The lowest BCUT2D eigenvalue weighted by Gasteiger charge is -2.08. The molecule has 0 aliphatic rings. The van der Waals surface area contributed by atoms with Crippen molar-refractivity contribution in [3.05, 3.63) is 107 Å². The third kappa shape index (κ3) is 4.45. The molecular formula is C30H28N6O. The maximum absolute atomic E-state index is 12.9. The number of aromatic amines is 1. The Bertz CT molecular complexity index is 1760. The summed E-state index contributed by atoms with van der Waals surface area (Å²) in [6.45, 7) is 1.06. The van der Waals surface area contributed by atoms with Crippen LogP contribution in [0.1, 0.15) is 33.1 Å². The molecule has 37 heavy (non-hydrogen) atoms. The first-order valence-electron chi connectivity index (χ1n) is 12.5. The molecule has 0 bridgehead atoms. The van der Waals surface area contributed by atoms with E-state index in [1.165, 1.54) is 16.3 Å². The third-order valence-corrected chi connectivity index (χ3v) is 6.95. The molecule has 4 aromatic carbocycles. The summed E-state index contributed by atoms with van der Waals surface area (Å²) in [5, 5.41) is 5.52. The van der Waals surface area contributed by atoms with E-state index in [0.29, 0.717) is 25.1 Å². The van der Waals surface area contributed by atoms with Crippen molar-refractivity contribution < 1.29 is 4.79 Å². The van der Waals surface area contributed by atoms with E-state index < -0.39 is 0 Å². The van der Waals surface area contributed by atoms with E-state index in [9.17, 15) is 4.79 Å². The zero-order valence-corrected chi connectivity index (χ0v) is 20.7. The summed E-state index contributed by atoms with van der Waals surface area (Å²) in [6.07, 6.45) is 1.33. The van der Waals surface area contributed by atoms with E-state index in [4.69, 9.17) is 15.7 Å². The Morgan fingerprint density at radius 3 is 2.70 bits per heavy atom. The molecule has 0 aliphatic carbocycles. The van der Waals surface area contributed by atoms with Crippen LogP contribution in [-0.4, -0.2) is 32.0 Å². The number of carbonyl (C=O) groups is 1. The fraction of sp³-hybridized carbons (Fsp3) is 0.167. The largest absolute Gasteiger partial charge is 0.352 e. The molecule has 0 radical (unpaired) electrons. The van der Waals surface area contributed by atoms with Gasteiger partial charge in [0.25, 0.3) is 5.91 Å². The molecule has 0 saturated carbocycles. The van der Waals surface area contributed by atoms with Gasteiger partial charge >= 0.3 is 0 Å². The van der Waals surface area contributed by atoms with Crippen molar-refractivity contribution in [2.24, 2.45) is 12.8 Å². The van der Waals surface area contributed by atoms with E-state index in [0.717, 1.165) is 45.7 Å². The highest BCUT2D eigenvalue weighted by Gasteiger charge is 2.14. The maximum atomic E-state index is 12.9. The molecule has 6 aromatic rings. The molecule has 2 aromatic heterocycles. The van der Waals surface area contributed by atoms with Crippen LogP contribution in [0.25, 0.3) is 32.8 Å². The molecule has 1 amide bonds. The number of rotatable bonds is 7. The number of nitrogens with two attached hydrogens (primary N) is 1. The summed E-state index contributed by atoms with van der Waals surface area (Å²) in [4.78, 5) is 25.8. The van der Waals surface area contributed by atoms with Crippen molar-refractivity contribution in [1.82, 2.24) is 24.8 Å². The quantitative estimate of drug-likeness (QED) is 0.305. The van der Waals surface area contributed by atoms with Crippen molar-refractivity contribution in [3.63, 3.8) is 0 Å². The lowest BCUT2D eigenvalue weighted by atomic mass is 10.0. The number of hydrogen-bond donors (Lipinski definition) is 3. The molecule has 0 unspecified atom stereocenters. The first-order valence-corrected chi connectivity index (χ1v) is 12.5. The minimum absolute atomic E-state index is 0.0853. The fourth-order valence-electron chi connectivity index (χ4n) is 4.93. The van der Waals surface area contributed by atoms with Crippen LogP contribution in [0.3, 0.4) is 0 Å². The molecule has 7 heteroatoms. The van der Waals surface area contributed by atoms with E-state index in [2.05, 4.69) is 40.6 Å². The molecule has 184 valence electrons. The first-order chi connectivity index (χ1) is 18.1. The highest BCUT2D eigenvalue weighted by molar-refractivity contribution is 5.97. The predicted molar refractivity (Wildman–Crippen MR) is 147 cm³/mol. The van der Waals surface area contributed by atoms with E-state index in [1.807, 2.05) is 60.1 Å². The van der Waals surface area contributed by atoms with Gasteiger partial charge in [-0.2, -0.15) is 0 Å². The molecule has 4 N–H and O–H groups in total. The number of nitrogens with zero attached hydrogens (tertiary/aromatic N) is 3. The van der Waals surface area contributed by atoms with Crippen LogP contribution in [0, 0.1) is 0 Å². The van der Waals surface area contributed by atoms with Gasteiger partial charge < -0.3 is 20.6 Å². The van der Waals surface area contributed by atoms with E-state index in [-0.39, 0.29) is 5.91 Å². The highest BCUT2D eigenvalue weighted by Crippen LogP contribution is 2.21. The molecule has 0 spiro atoms. The zero-order valence-electron chi connectivity index (χ0n) is 20.7. The van der Waals surface area contributed by atoms with Gasteiger partial charge in [-0.05, 0) is 58.7 Å². The Kier molecular flexibility index (Phi) is 5.90. The second-order valence-corrected chi connectivity index (χ2v) is 9.35. The number of aryl methyl sites for hydroxylation is 1. The Morgan fingerprint density at radius 1 is 0.973 bits per heavy atom. The molecule has 0 saturated heterocycles. The van der Waals surface area contributed by atoms with Crippen LogP contribution >= 0.6 is 0 Å². The van der Waals surface area contributed by atoms with Crippen LogP contribution in [-0.2, 0) is 26.4 Å². The summed E-state index contributed by atoms with van der Waals surface area (Å²) in [5.41, 5.74) is 12.3. The summed E-state index contributed by atoms with van der Waals surface area (Å²) in [6, 6.07) is 26.3. The number of benzene rings is 4. The van der Waals surface area contributed by atoms with Gasteiger partial charge in [0.1, 0.15) is 11.6 Å². The monoisotopic (exact) mass is 488 g/mol. The third-order valence-electron chi connectivity index (χ3n) is 6.95. The zero-order chi connectivity index (χ0) is 25.4. The summed E-state index contributed by atoms with van der Waals surface area (Å²) < 4.78 is 2.03. The Labute approximate surface area is 214 Å². The van der Waals surface area contributed by atoms with Crippen LogP contribution in [0.5, 0.6) is 0 Å². The molecular weight excluding hydrogens is 460 g/mol. The van der Waals surface area contributed by atoms with Crippen molar-refractivity contribution in [2.45, 2.75) is 19.4 Å². The van der Waals surface area contributed by atoms with E-state index in [1.54, 1.807) is 0 Å². The van der Waals surface area contributed by atoms with Gasteiger partial charge in [-0.1, -0.05) is 48.5 Å². The number of hydrogen-bond acceptors (Lipinski definition) is 4. The molecule has 0 aliphatic heterocycles. The molecule has 0 atom stereocenters.